The fourth-order valence-corrected chi connectivity index (χ4v) is 2.29. The van der Waals surface area contributed by atoms with Crippen molar-refractivity contribution in [3.05, 3.63) is 53.2 Å². The number of benzene rings is 2. The average molecular weight is 281 g/mol. The first kappa shape index (κ1) is 13.2. The van der Waals surface area contributed by atoms with E-state index < -0.39 is 0 Å². The lowest BCUT2D eigenvalue weighted by molar-refractivity contribution is 0.102. The van der Waals surface area contributed by atoms with Crippen LogP contribution in [0, 0.1) is 13.8 Å². The fraction of sp³-hybridized carbons (Fsp3) is 0.125. The molecule has 0 atom stereocenters. The van der Waals surface area contributed by atoms with Crippen LogP contribution in [-0.4, -0.2) is 21.2 Å². The molecule has 1 heterocycles. The van der Waals surface area contributed by atoms with Crippen LogP contribution in [0.3, 0.4) is 0 Å². The predicted octanol–water partition coefficient (Wildman–Crippen LogP) is 3.14. The van der Waals surface area contributed by atoms with Crippen molar-refractivity contribution >= 4 is 22.5 Å². The summed E-state index contributed by atoms with van der Waals surface area (Å²) in [5, 5.41) is 20.4. The molecule has 0 fully saturated rings. The number of rotatable bonds is 2. The summed E-state index contributed by atoms with van der Waals surface area (Å²) in [6.07, 6.45) is 0. The van der Waals surface area contributed by atoms with Crippen LogP contribution in [0.2, 0.25) is 0 Å². The van der Waals surface area contributed by atoms with Gasteiger partial charge in [-0.2, -0.15) is 5.10 Å². The number of phenols is 1. The molecule has 0 saturated heterocycles. The number of aromatic nitrogens is 2. The molecule has 0 aliphatic rings. The average Bonchev–Trinajstić information content (AvgIpc) is 2.92. The maximum atomic E-state index is 12.4. The minimum Gasteiger partial charge on any atom is -0.507 e. The van der Waals surface area contributed by atoms with Crippen LogP contribution in [0.25, 0.3) is 10.9 Å². The monoisotopic (exact) mass is 281 g/mol. The van der Waals surface area contributed by atoms with Gasteiger partial charge < -0.3 is 10.4 Å². The Morgan fingerprint density at radius 3 is 2.76 bits per heavy atom. The van der Waals surface area contributed by atoms with Gasteiger partial charge in [-0.15, -0.1) is 0 Å². The normalized spacial score (nSPS) is 10.8. The van der Waals surface area contributed by atoms with Gasteiger partial charge in [0, 0.05) is 16.6 Å². The smallest absolute Gasteiger partial charge is 0.276 e. The Morgan fingerprint density at radius 2 is 1.95 bits per heavy atom. The molecule has 0 spiro atoms. The van der Waals surface area contributed by atoms with E-state index >= 15 is 0 Å². The highest BCUT2D eigenvalue weighted by Gasteiger charge is 2.15. The highest BCUT2D eigenvalue weighted by Crippen LogP contribution is 2.28. The summed E-state index contributed by atoms with van der Waals surface area (Å²) in [6, 6.07) is 11.0. The topological polar surface area (TPSA) is 78.0 Å². The molecule has 0 aliphatic heterocycles. The van der Waals surface area contributed by atoms with Gasteiger partial charge in [0.2, 0.25) is 0 Å². The van der Waals surface area contributed by atoms with Crippen LogP contribution in [0.4, 0.5) is 5.69 Å². The third kappa shape index (κ3) is 2.23. The number of carbonyl (C=O) groups excluding carboxylic acids is 1. The number of phenolic OH excluding ortho intramolecular Hbond substituents is 1. The van der Waals surface area contributed by atoms with E-state index in [0.29, 0.717) is 16.9 Å². The summed E-state index contributed by atoms with van der Waals surface area (Å²) in [5.41, 5.74) is 3.14. The van der Waals surface area contributed by atoms with Gasteiger partial charge in [-0.25, -0.2) is 0 Å². The minimum absolute atomic E-state index is 0.194. The Kier molecular flexibility index (Phi) is 3.10. The Labute approximate surface area is 121 Å². The lowest BCUT2D eigenvalue weighted by Gasteiger charge is -2.10. The number of fused-ring (bicyclic) bond motifs is 1. The molecule has 2 aromatic carbocycles. The van der Waals surface area contributed by atoms with E-state index in [1.165, 1.54) is 0 Å². The molecule has 1 amide bonds. The molecular formula is C16H15N3O2. The van der Waals surface area contributed by atoms with Crippen LogP contribution in [0.15, 0.2) is 36.4 Å². The number of nitrogens with one attached hydrogen (secondary N) is 2. The number of anilines is 1. The van der Waals surface area contributed by atoms with Gasteiger partial charge in [0.1, 0.15) is 5.75 Å². The molecule has 3 rings (SSSR count). The van der Waals surface area contributed by atoms with E-state index in [-0.39, 0.29) is 11.7 Å². The van der Waals surface area contributed by atoms with Gasteiger partial charge in [-0.3, -0.25) is 9.89 Å². The number of para-hydroxylation sites is 1. The fourth-order valence-electron chi connectivity index (χ4n) is 2.29. The Morgan fingerprint density at radius 1 is 1.19 bits per heavy atom. The van der Waals surface area contributed by atoms with Crippen LogP contribution in [0.5, 0.6) is 5.75 Å². The van der Waals surface area contributed by atoms with E-state index in [9.17, 15) is 9.90 Å². The number of hydrogen-bond donors (Lipinski definition) is 3. The zero-order valence-electron chi connectivity index (χ0n) is 11.8. The molecule has 5 nitrogen and oxygen atoms in total. The number of aromatic hydroxyl groups is 1. The summed E-state index contributed by atoms with van der Waals surface area (Å²) in [5.74, 6) is -0.113. The van der Waals surface area contributed by atoms with Crippen molar-refractivity contribution in [1.29, 1.82) is 0 Å². The molecule has 5 heteroatoms. The third-order valence-electron chi connectivity index (χ3n) is 3.57. The van der Waals surface area contributed by atoms with Crippen molar-refractivity contribution in [3.8, 4) is 5.75 Å². The first-order valence-corrected chi connectivity index (χ1v) is 6.61. The molecule has 0 radical (unpaired) electrons. The van der Waals surface area contributed by atoms with Gasteiger partial charge in [-0.1, -0.05) is 24.3 Å². The molecule has 0 aliphatic carbocycles. The summed E-state index contributed by atoms with van der Waals surface area (Å²) < 4.78 is 0. The zero-order valence-corrected chi connectivity index (χ0v) is 11.8. The maximum Gasteiger partial charge on any atom is 0.276 e. The lowest BCUT2D eigenvalue weighted by atomic mass is 10.1. The number of hydrogen-bond acceptors (Lipinski definition) is 3. The lowest BCUT2D eigenvalue weighted by Crippen LogP contribution is -2.13. The second kappa shape index (κ2) is 4.94. The van der Waals surface area contributed by atoms with Crippen LogP contribution in [0.1, 0.15) is 21.6 Å². The Balaban J connectivity index is 1.95. The Hall–Kier alpha value is -2.82. The highest BCUT2D eigenvalue weighted by molar-refractivity contribution is 6.11. The van der Waals surface area contributed by atoms with Crippen LogP contribution in [-0.2, 0) is 0 Å². The zero-order chi connectivity index (χ0) is 15.0. The van der Waals surface area contributed by atoms with Crippen molar-refractivity contribution in [3.63, 3.8) is 0 Å². The van der Waals surface area contributed by atoms with E-state index in [0.717, 1.165) is 16.5 Å². The van der Waals surface area contributed by atoms with Crippen molar-refractivity contribution in [2.75, 3.05) is 5.32 Å². The van der Waals surface area contributed by atoms with Gasteiger partial charge in [0.15, 0.2) is 5.69 Å². The summed E-state index contributed by atoms with van der Waals surface area (Å²) >= 11 is 0. The molecular weight excluding hydrogens is 266 g/mol. The van der Waals surface area contributed by atoms with Gasteiger partial charge in [-0.05, 0) is 31.5 Å². The quantitative estimate of drug-likeness (QED) is 0.675. The SMILES string of the molecule is Cc1ccc(NC(=O)c2n[nH]c3ccccc23)c(C)c1O. The number of aryl methyl sites for hydroxylation is 1. The molecule has 21 heavy (non-hydrogen) atoms. The molecule has 1 aromatic heterocycles. The van der Waals surface area contributed by atoms with Crippen LogP contribution < -0.4 is 5.32 Å². The van der Waals surface area contributed by atoms with Gasteiger partial charge in [0.25, 0.3) is 5.91 Å². The number of amides is 1. The predicted molar refractivity (Wildman–Crippen MR) is 81.6 cm³/mol. The second-order valence-electron chi connectivity index (χ2n) is 4.98. The van der Waals surface area contributed by atoms with Gasteiger partial charge >= 0.3 is 0 Å². The Bertz CT molecular complexity index is 837. The molecule has 0 saturated carbocycles. The van der Waals surface area contributed by atoms with Crippen LogP contribution >= 0.6 is 0 Å². The summed E-state index contributed by atoms with van der Waals surface area (Å²) in [4.78, 5) is 12.4. The van der Waals surface area contributed by atoms with Crippen molar-refractivity contribution < 1.29 is 9.90 Å². The molecule has 106 valence electrons. The van der Waals surface area contributed by atoms with Crippen molar-refractivity contribution in [1.82, 2.24) is 10.2 Å². The van der Waals surface area contributed by atoms with E-state index in [1.54, 1.807) is 19.1 Å². The standard InChI is InChI=1S/C16H15N3O2/c1-9-7-8-12(10(2)15(9)20)17-16(21)14-11-5-3-4-6-13(11)18-19-14/h3-8,20H,1-2H3,(H,17,21)(H,18,19). The molecule has 3 aromatic rings. The molecule has 3 N–H and O–H groups in total. The van der Waals surface area contributed by atoms with Crippen molar-refractivity contribution in [2.24, 2.45) is 0 Å². The maximum absolute atomic E-state index is 12.4. The first-order chi connectivity index (χ1) is 10.1. The second-order valence-corrected chi connectivity index (χ2v) is 4.98. The van der Waals surface area contributed by atoms with E-state index in [2.05, 4.69) is 15.5 Å². The largest absolute Gasteiger partial charge is 0.507 e. The van der Waals surface area contributed by atoms with Gasteiger partial charge in [0.05, 0.1) is 5.52 Å². The number of nitrogens with zero attached hydrogens (tertiary/aromatic N) is 1. The summed E-state index contributed by atoms with van der Waals surface area (Å²) in [7, 11) is 0. The number of aromatic amines is 1. The highest BCUT2D eigenvalue weighted by atomic mass is 16.3. The number of H-pyrrole nitrogens is 1. The third-order valence-corrected chi connectivity index (χ3v) is 3.57. The molecule has 0 bridgehead atoms. The van der Waals surface area contributed by atoms with Crippen molar-refractivity contribution in [2.45, 2.75) is 13.8 Å². The minimum atomic E-state index is -0.307. The molecule has 0 unspecified atom stereocenters. The van der Waals surface area contributed by atoms with E-state index in [4.69, 9.17) is 0 Å². The summed E-state index contributed by atoms with van der Waals surface area (Å²) in [6.45, 7) is 3.58. The van der Waals surface area contributed by atoms with E-state index in [1.807, 2.05) is 31.2 Å². The first-order valence-electron chi connectivity index (χ1n) is 6.61. The number of carbonyl (C=O) groups is 1.